The van der Waals surface area contributed by atoms with Crippen molar-refractivity contribution in [3.8, 4) is 17.1 Å². The van der Waals surface area contributed by atoms with E-state index in [0.717, 1.165) is 18.2 Å². The Morgan fingerprint density at radius 2 is 1.93 bits per heavy atom. The molecule has 3 rings (SSSR count). The molecular weight excluding hydrogens is 375 g/mol. The van der Waals surface area contributed by atoms with Gasteiger partial charge in [0.1, 0.15) is 5.69 Å². The van der Waals surface area contributed by atoms with Crippen LogP contribution in [0.15, 0.2) is 53.2 Å². The zero-order valence-electron chi connectivity index (χ0n) is 14.8. The highest BCUT2D eigenvalue weighted by Gasteiger charge is 2.28. The maximum atomic E-state index is 12.2. The van der Waals surface area contributed by atoms with Gasteiger partial charge in [0.25, 0.3) is 5.91 Å². The number of carbonyl (C=O) groups is 1. The smallest absolute Gasteiger partial charge is 0.422 e. The summed E-state index contributed by atoms with van der Waals surface area (Å²) in [6, 6.07) is 11.8. The summed E-state index contributed by atoms with van der Waals surface area (Å²) in [4.78, 5) is 15.9. The predicted octanol–water partition coefficient (Wildman–Crippen LogP) is 4.49. The fourth-order valence-electron chi connectivity index (χ4n) is 2.32. The first-order chi connectivity index (χ1) is 13.3. The summed E-state index contributed by atoms with van der Waals surface area (Å²) in [6.45, 7) is 0.605. The molecule has 0 aliphatic carbocycles. The number of ether oxygens (including phenoxy) is 1. The molecular formula is C19H16F3N3O3. The van der Waals surface area contributed by atoms with Crippen LogP contribution in [0.25, 0.3) is 11.3 Å². The van der Waals surface area contributed by atoms with E-state index < -0.39 is 18.7 Å². The third-order valence-corrected chi connectivity index (χ3v) is 3.79. The van der Waals surface area contributed by atoms with Gasteiger partial charge in [0.05, 0.1) is 5.56 Å². The van der Waals surface area contributed by atoms with E-state index in [2.05, 4.69) is 27.1 Å². The molecule has 146 valence electrons. The average Bonchev–Trinajstić information content (AvgIpc) is 3.14. The molecule has 1 N–H and O–H groups in total. The number of nitrogens with zero attached hydrogens (tertiary/aromatic N) is 2. The highest BCUT2D eigenvalue weighted by molar-refractivity contribution is 6.03. The molecule has 0 fully saturated rings. The summed E-state index contributed by atoms with van der Waals surface area (Å²) in [5, 5.41) is 6.44. The summed E-state index contributed by atoms with van der Waals surface area (Å²) in [7, 11) is 0. The van der Waals surface area contributed by atoms with E-state index in [0.29, 0.717) is 5.69 Å². The van der Waals surface area contributed by atoms with Crippen molar-refractivity contribution in [2.45, 2.75) is 19.5 Å². The number of halogens is 3. The number of amides is 1. The SMILES string of the molecule is CCc1ccc(-c2cc(NC(=O)c3ccc(OCC(F)(F)F)nc3)on2)cc1. The lowest BCUT2D eigenvalue weighted by molar-refractivity contribution is -0.154. The van der Waals surface area contributed by atoms with Gasteiger partial charge in [-0.05, 0) is 18.1 Å². The van der Waals surface area contributed by atoms with Gasteiger partial charge >= 0.3 is 6.18 Å². The van der Waals surface area contributed by atoms with Gasteiger partial charge in [0, 0.05) is 23.9 Å². The number of carbonyl (C=O) groups excluding carboxylic acids is 1. The van der Waals surface area contributed by atoms with Crippen LogP contribution in [-0.2, 0) is 6.42 Å². The van der Waals surface area contributed by atoms with Gasteiger partial charge in [-0.3, -0.25) is 10.1 Å². The van der Waals surface area contributed by atoms with Crippen LogP contribution in [0, 0.1) is 0 Å². The van der Waals surface area contributed by atoms with Crippen LogP contribution in [0.4, 0.5) is 19.1 Å². The molecule has 28 heavy (non-hydrogen) atoms. The fraction of sp³-hybridized carbons (Fsp3) is 0.211. The highest BCUT2D eigenvalue weighted by Crippen LogP contribution is 2.23. The van der Waals surface area contributed by atoms with E-state index in [-0.39, 0.29) is 17.3 Å². The monoisotopic (exact) mass is 391 g/mol. The van der Waals surface area contributed by atoms with Crippen LogP contribution in [0.2, 0.25) is 0 Å². The Morgan fingerprint density at radius 3 is 2.54 bits per heavy atom. The second-order valence-electron chi connectivity index (χ2n) is 5.87. The van der Waals surface area contributed by atoms with Crippen LogP contribution in [0.1, 0.15) is 22.8 Å². The van der Waals surface area contributed by atoms with E-state index in [4.69, 9.17) is 4.52 Å². The van der Waals surface area contributed by atoms with Gasteiger partial charge < -0.3 is 9.26 Å². The first kappa shape index (κ1) is 19.4. The fourth-order valence-corrected chi connectivity index (χ4v) is 2.32. The normalized spacial score (nSPS) is 11.3. The Hall–Kier alpha value is -3.36. The number of anilines is 1. The molecule has 0 radical (unpaired) electrons. The molecule has 0 aliphatic heterocycles. The van der Waals surface area contributed by atoms with Crippen LogP contribution in [-0.4, -0.2) is 28.8 Å². The Kier molecular flexibility index (Phi) is 5.62. The Balaban J connectivity index is 1.62. The standard InChI is InChI=1S/C19H16F3N3O3/c1-2-12-3-5-13(6-4-12)15-9-17(28-25-15)24-18(26)14-7-8-16(23-10-14)27-11-19(20,21)22/h3-10H,2,11H2,1H3,(H,24,26). The minimum Gasteiger partial charge on any atom is -0.468 e. The Bertz CT molecular complexity index is 936. The van der Waals surface area contributed by atoms with Gasteiger partial charge in [-0.15, -0.1) is 0 Å². The van der Waals surface area contributed by atoms with Crippen molar-refractivity contribution >= 4 is 11.8 Å². The lowest BCUT2D eigenvalue weighted by Gasteiger charge is -2.08. The number of aromatic nitrogens is 2. The van der Waals surface area contributed by atoms with E-state index >= 15 is 0 Å². The summed E-state index contributed by atoms with van der Waals surface area (Å²) >= 11 is 0. The van der Waals surface area contributed by atoms with Crippen molar-refractivity contribution < 1.29 is 27.2 Å². The molecule has 0 saturated heterocycles. The summed E-state index contributed by atoms with van der Waals surface area (Å²) < 4.78 is 46.0. The largest absolute Gasteiger partial charge is 0.468 e. The molecule has 0 aliphatic rings. The second-order valence-corrected chi connectivity index (χ2v) is 5.87. The lowest BCUT2D eigenvalue weighted by atomic mass is 10.1. The second kappa shape index (κ2) is 8.12. The van der Waals surface area contributed by atoms with E-state index in [9.17, 15) is 18.0 Å². The zero-order valence-corrected chi connectivity index (χ0v) is 14.8. The topological polar surface area (TPSA) is 77.2 Å². The number of nitrogens with one attached hydrogen (secondary N) is 1. The molecule has 1 aromatic carbocycles. The van der Waals surface area contributed by atoms with Gasteiger partial charge in [-0.25, -0.2) is 4.98 Å². The molecule has 9 heteroatoms. The minimum atomic E-state index is -4.46. The number of alkyl halides is 3. The van der Waals surface area contributed by atoms with Gasteiger partial charge in [-0.2, -0.15) is 13.2 Å². The molecule has 2 heterocycles. The van der Waals surface area contributed by atoms with Crippen molar-refractivity contribution in [1.82, 2.24) is 10.1 Å². The van der Waals surface area contributed by atoms with Crippen molar-refractivity contribution in [2.75, 3.05) is 11.9 Å². The summed E-state index contributed by atoms with van der Waals surface area (Å²) in [5.41, 5.74) is 2.72. The maximum Gasteiger partial charge on any atom is 0.422 e. The van der Waals surface area contributed by atoms with Gasteiger partial charge in [0.15, 0.2) is 6.61 Å². The number of hydrogen-bond donors (Lipinski definition) is 1. The first-order valence-electron chi connectivity index (χ1n) is 8.37. The van der Waals surface area contributed by atoms with Gasteiger partial charge in [0.2, 0.25) is 11.8 Å². The number of benzene rings is 1. The van der Waals surface area contributed by atoms with E-state index in [1.165, 1.54) is 17.7 Å². The molecule has 6 nitrogen and oxygen atoms in total. The summed E-state index contributed by atoms with van der Waals surface area (Å²) in [5.74, 6) is -0.637. The first-order valence-corrected chi connectivity index (χ1v) is 8.37. The number of hydrogen-bond acceptors (Lipinski definition) is 5. The molecule has 3 aromatic rings. The molecule has 0 spiro atoms. The van der Waals surface area contributed by atoms with Crippen molar-refractivity contribution in [1.29, 1.82) is 0 Å². The summed E-state index contributed by atoms with van der Waals surface area (Å²) in [6.07, 6.45) is -2.42. The average molecular weight is 391 g/mol. The quantitative estimate of drug-likeness (QED) is 0.670. The van der Waals surface area contributed by atoms with Crippen LogP contribution >= 0.6 is 0 Å². The van der Waals surface area contributed by atoms with Crippen LogP contribution in [0.3, 0.4) is 0 Å². The Labute approximate surface area is 158 Å². The number of aryl methyl sites for hydroxylation is 1. The van der Waals surface area contributed by atoms with Crippen LogP contribution < -0.4 is 10.1 Å². The number of rotatable bonds is 6. The minimum absolute atomic E-state index is 0.129. The lowest BCUT2D eigenvalue weighted by Crippen LogP contribution is -2.19. The Morgan fingerprint density at radius 1 is 1.18 bits per heavy atom. The third kappa shape index (κ3) is 5.09. The number of pyridine rings is 1. The predicted molar refractivity (Wildman–Crippen MR) is 95.1 cm³/mol. The highest BCUT2D eigenvalue weighted by atomic mass is 19.4. The molecule has 2 aromatic heterocycles. The maximum absolute atomic E-state index is 12.2. The van der Waals surface area contributed by atoms with Crippen molar-refractivity contribution in [2.24, 2.45) is 0 Å². The molecule has 1 amide bonds. The van der Waals surface area contributed by atoms with Crippen LogP contribution in [0.5, 0.6) is 5.88 Å². The molecule has 0 bridgehead atoms. The van der Waals surface area contributed by atoms with E-state index in [1.807, 2.05) is 24.3 Å². The zero-order chi connectivity index (χ0) is 20.1. The third-order valence-electron chi connectivity index (χ3n) is 3.79. The molecule has 0 atom stereocenters. The van der Waals surface area contributed by atoms with Crippen molar-refractivity contribution in [3.05, 3.63) is 59.8 Å². The van der Waals surface area contributed by atoms with E-state index in [1.54, 1.807) is 6.07 Å². The molecule has 0 saturated carbocycles. The van der Waals surface area contributed by atoms with Crippen molar-refractivity contribution in [3.63, 3.8) is 0 Å². The van der Waals surface area contributed by atoms with Gasteiger partial charge in [-0.1, -0.05) is 36.3 Å². The molecule has 0 unspecified atom stereocenters.